The summed E-state index contributed by atoms with van der Waals surface area (Å²) in [7, 11) is 0. The highest BCUT2D eigenvalue weighted by atomic mass is 32.1. The first-order valence-electron chi connectivity index (χ1n) is 5.66. The predicted octanol–water partition coefficient (Wildman–Crippen LogP) is 3.38. The lowest BCUT2D eigenvalue weighted by Crippen LogP contribution is -2.07. The number of thiophene rings is 1. The topological polar surface area (TPSA) is 65.5 Å². The van der Waals surface area contributed by atoms with Crippen LogP contribution in [0.15, 0.2) is 15.9 Å². The molecule has 0 amide bonds. The van der Waals surface area contributed by atoms with Crippen LogP contribution >= 0.6 is 11.3 Å². The van der Waals surface area contributed by atoms with Crippen LogP contribution in [0.3, 0.4) is 0 Å². The Kier molecular flexibility index (Phi) is 3.43. The van der Waals surface area contributed by atoms with E-state index in [1.807, 2.05) is 25.3 Å². The van der Waals surface area contributed by atoms with E-state index in [2.05, 4.69) is 0 Å². The number of nitrogen functional groups attached to an aromatic ring is 1. The molecule has 0 aliphatic rings. The number of ether oxygens (including phenoxy) is 1. The van der Waals surface area contributed by atoms with Crippen molar-refractivity contribution in [3.8, 4) is 11.1 Å². The van der Waals surface area contributed by atoms with E-state index >= 15 is 0 Å². The van der Waals surface area contributed by atoms with Crippen LogP contribution in [0.5, 0.6) is 0 Å². The van der Waals surface area contributed by atoms with E-state index in [-0.39, 0.29) is 5.97 Å². The first-order chi connectivity index (χ1) is 8.54. The minimum absolute atomic E-state index is 0.330. The minimum atomic E-state index is -0.385. The highest BCUT2D eigenvalue weighted by Crippen LogP contribution is 2.36. The minimum Gasteiger partial charge on any atom is -0.466 e. The summed E-state index contributed by atoms with van der Waals surface area (Å²) in [4.78, 5) is 11.9. The highest BCUT2D eigenvalue weighted by molar-refractivity contribution is 7.14. The molecule has 18 heavy (non-hydrogen) atoms. The molecular weight excluding hydrogens is 250 g/mol. The Balaban J connectivity index is 2.52. The zero-order valence-corrected chi connectivity index (χ0v) is 11.4. The molecule has 0 aliphatic carbocycles. The summed E-state index contributed by atoms with van der Waals surface area (Å²) in [6.07, 6.45) is 0. The van der Waals surface area contributed by atoms with Gasteiger partial charge in [0.05, 0.1) is 6.61 Å². The molecule has 0 aliphatic heterocycles. The third kappa shape index (κ3) is 2.13. The van der Waals surface area contributed by atoms with Gasteiger partial charge in [0.2, 0.25) is 0 Å². The monoisotopic (exact) mass is 265 g/mol. The number of rotatable bonds is 3. The van der Waals surface area contributed by atoms with Crippen molar-refractivity contribution in [2.45, 2.75) is 20.8 Å². The molecule has 0 bridgehead atoms. The molecule has 0 unspecified atom stereocenters. The third-order valence-electron chi connectivity index (χ3n) is 2.63. The first kappa shape index (κ1) is 12.7. The molecule has 0 radical (unpaired) electrons. The summed E-state index contributed by atoms with van der Waals surface area (Å²) >= 11 is 1.33. The maximum atomic E-state index is 11.9. The number of carbonyl (C=O) groups excluding carboxylic acids is 1. The zero-order chi connectivity index (χ0) is 13.3. The first-order valence-corrected chi connectivity index (χ1v) is 6.54. The van der Waals surface area contributed by atoms with E-state index in [0.717, 1.165) is 22.6 Å². The van der Waals surface area contributed by atoms with Crippen molar-refractivity contribution in [3.63, 3.8) is 0 Å². The third-order valence-corrected chi connectivity index (χ3v) is 3.44. The van der Waals surface area contributed by atoms with Gasteiger partial charge in [-0.05, 0) is 26.8 Å². The van der Waals surface area contributed by atoms with Crippen LogP contribution in [0.2, 0.25) is 0 Å². The van der Waals surface area contributed by atoms with Crippen LogP contribution in [0.1, 0.15) is 28.8 Å². The molecule has 2 aromatic heterocycles. The lowest BCUT2D eigenvalue weighted by atomic mass is 10.0. The van der Waals surface area contributed by atoms with Crippen molar-refractivity contribution in [2.24, 2.45) is 0 Å². The lowest BCUT2D eigenvalue weighted by Gasteiger charge is -2.04. The molecule has 0 fully saturated rings. The van der Waals surface area contributed by atoms with E-state index in [4.69, 9.17) is 14.9 Å². The number of hydrogen-bond acceptors (Lipinski definition) is 5. The van der Waals surface area contributed by atoms with E-state index < -0.39 is 0 Å². The van der Waals surface area contributed by atoms with Crippen molar-refractivity contribution < 1.29 is 13.9 Å². The number of aryl methyl sites for hydroxylation is 2. The molecule has 2 rings (SSSR count). The molecule has 2 N–H and O–H groups in total. The summed E-state index contributed by atoms with van der Waals surface area (Å²) in [6, 6.07) is 1.90. The van der Waals surface area contributed by atoms with Gasteiger partial charge in [-0.1, -0.05) is 0 Å². The number of furan rings is 1. The zero-order valence-electron chi connectivity index (χ0n) is 10.6. The van der Waals surface area contributed by atoms with Crippen LogP contribution in [0.25, 0.3) is 11.1 Å². The molecule has 0 saturated heterocycles. The molecule has 2 aromatic rings. The van der Waals surface area contributed by atoms with Gasteiger partial charge in [-0.15, -0.1) is 11.3 Å². The van der Waals surface area contributed by atoms with E-state index in [1.54, 1.807) is 6.92 Å². The number of hydrogen-bond donors (Lipinski definition) is 1. The van der Waals surface area contributed by atoms with E-state index in [0.29, 0.717) is 17.2 Å². The highest BCUT2D eigenvalue weighted by Gasteiger charge is 2.22. The second kappa shape index (κ2) is 4.86. The Labute approximate surface area is 109 Å². The van der Waals surface area contributed by atoms with E-state index in [9.17, 15) is 4.79 Å². The quantitative estimate of drug-likeness (QED) is 0.864. The molecule has 0 saturated carbocycles. The summed E-state index contributed by atoms with van der Waals surface area (Å²) in [5.41, 5.74) is 7.96. The van der Waals surface area contributed by atoms with Gasteiger partial charge >= 0.3 is 5.97 Å². The maximum absolute atomic E-state index is 11.9. The summed E-state index contributed by atoms with van der Waals surface area (Å²) in [5.74, 6) is 1.20. The normalized spacial score (nSPS) is 10.6. The number of esters is 1. The Hall–Kier alpha value is -1.75. The Morgan fingerprint density at radius 3 is 2.72 bits per heavy atom. The van der Waals surface area contributed by atoms with Gasteiger partial charge in [0, 0.05) is 16.5 Å². The molecule has 0 spiro atoms. The second-order valence-electron chi connectivity index (χ2n) is 3.94. The molecular formula is C13H15NO3S. The molecule has 4 nitrogen and oxygen atoms in total. The molecule has 2 heterocycles. The van der Waals surface area contributed by atoms with Crippen molar-refractivity contribution in [1.82, 2.24) is 0 Å². The maximum Gasteiger partial charge on any atom is 0.341 e. The predicted molar refractivity (Wildman–Crippen MR) is 71.9 cm³/mol. The summed E-state index contributed by atoms with van der Waals surface area (Å²) in [6.45, 7) is 5.84. The van der Waals surface area contributed by atoms with Crippen molar-refractivity contribution in [3.05, 3.63) is 28.5 Å². The second-order valence-corrected chi connectivity index (χ2v) is 4.85. The van der Waals surface area contributed by atoms with Gasteiger partial charge in [-0.25, -0.2) is 4.79 Å². The average Bonchev–Trinajstić information content (AvgIpc) is 2.82. The van der Waals surface area contributed by atoms with Gasteiger partial charge in [0.1, 0.15) is 22.1 Å². The van der Waals surface area contributed by atoms with Crippen molar-refractivity contribution >= 4 is 22.3 Å². The fraction of sp³-hybridized carbons (Fsp3) is 0.308. The average molecular weight is 265 g/mol. The van der Waals surface area contributed by atoms with Gasteiger partial charge in [-0.3, -0.25) is 0 Å². The standard InChI is InChI=1S/C13H15NO3S/c1-4-16-13(15)11-10(6-18-12(11)14)9-5-7(2)17-8(9)3/h5-6H,4,14H2,1-3H3. The van der Waals surface area contributed by atoms with Gasteiger partial charge in [0.25, 0.3) is 0 Å². The van der Waals surface area contributed by atoms with Crippen LogP contribution in [0.4, 0.5) is 5.00 Å². The number of nitrogens with two attached hydrogens (primary N) is 1. The lowest BCUT2D eigenvalue weighted by molar-refractivity contribution is 0.0529. The van der Waals surface area contributed by atoms with Crippen LogP contribution in [0, 0.1) is 13.8 Å². The van der Waals surface area contributed by atoms with Crippen molar-refractivity contribution in [1.29, 1.82) is 0 Å². The number of carbonyl (C=O) groups is 1. The van der Waals surface area contributed by atoms with Gasteiger partial charge in [0.15, 0.2) is 0 Å². The fourth-order valence-electron chi connectivity index (χ4n) is 1.88. The Bertz CT molecular complexity index is 583. The van der Waals surface area contributed by atoms with Crippen LogP contribution in [-0.4, -0.2) is 12.6 Å². The summed E-state index contributed by atoms with van der Waals surface area (Å²) < 4.78 is 10.5. The fourth-order valence-corrected chi connectivity index (χ4v) is 2.68. The van der Waals surface area contributed by atoms with Gasteiger partial charge in [-0.2, -0.15) is 0 Å². The number of anilines is 1. The molecule has 96 valence electrons. The van der Waals surface area contributed by atoms with E-state index in [1.165, 1.54) is 11.3 Å². The molecule has 5 heteroatoms. The van der Waals surface area contributed by atoms with Crippen molar-refractivity contribution in [2.75, 3.05) is 12.3 Å². The van der Waals surface area contributed by atoms with Crippen LogP contribution in [-0.2, 0) is 4.74 Å². The molecule has 0 atom stereocenters. The smallest absolute Gasteiger partial charge is 0.341 e. The van der Waals surface area contributed by atoms with Crippen LogP contribution < -0.4 is 5.73 Å². The molecule has 0 aromatic carbocycles. The Morgan fingerprint density at radius 1 is 1.44 bits per heavy atom. The Morgan fingerprint density at radius 2 is 2.17 bits per heavy atom. The summed E-state index contributed by atoms with van der Waals surface area (Å²) in [5, 5.41) is 2.33. The van der Waals surface area contributed by atoms with Gasteiger partial charge < -0.3 is 14.9 Å². The largest absolute Gasteiger partial charge is 0.466 e. The SMILES string of the molecule is CCOC(=O)c1c(-c2cc(C)oc2C)csc1N.